The average Bonchev–Trinajstić information content (AvgIpc) is 2.30. The van der Waals surface area contributed by atoms with Crippen LogP contribution in [0.15, 0.2) is 0 Å². The van der Waals surface area contributed by atoms with Crippen molar-refractivity contribution in [1.82, 2.24) is 4.98 Å². The first kappa shape index (κ1) is 8.00. The first-order valence-electron chi connectivity index (χ1n) is 3.20. The van der Waals surface area contributed by atoms with Gasteiger partial charge in [-0.15, -0.1) is 11.3 Å². The first-order chi connectivity index (χ1) is 5.15. The maximum absolute atomic E-state index is 10.6. The van der Waals surface area contributed by atoms with Gasteiger partial charge in [-0.25, -0.2) is 4.98 Å². The van der Waals surface area contributed by atoms with Crippen molar-refractivity contribution in [3.63, 3.8) is 0 Å². The molecule has 0 bridgehead atoms. The van der Waals surface area contributed by atoms with E-state index in [1.165, 1.54) is 11.3 Å². The third-order valence-electron chi connectivity index (χ3n) is 1.23. The van der Waals surface area contributed by atoms with Gasteiger partial charge in [0.15, 0.2) is 5.69 Å². The van der Waals surface area contributed by atoms with Gasteiger partial charge in [0.05, 0.1) is 5.01 Å². The molecule has 1 aromatic heterocycles. The minimum Gasteiger partial charge on any atom is -0.389 e. The minimum atomic E-state index is -0.557. The number of hydrogen-bond donors (Lipinski definition) is 2. The number of anilines is 1. The molecule has 1 heterocycles. The summed E-state index contributed by atoms with van der Waals surface area (Å²) >= 11 is 1.31. The standard InChI is InChI=1S/C6H9N3OS/c1-2-3-9-4(5(7)10)6(8)11-3/h2,8H2,1H3,(H2,7,10). The Kier molecular flexibility index (Phi) is 2.09. The van der Waals surface area contributed by atoms with Gasteiger partial charge in [0.25, 0.3) is 5.91 Å². The Morgan fingerprint density at radius 2 is 2.36 bits per heavy atom. The molecule has 60 valence electrons. The number of carbonyl (C=O) groups excluding carboxylic acids is 1. The third kappa shape index (κ3) is 1.48. The number of thiazole rings is 1. The molecule has 0 spiro atoms. The lowest BCUT2D eigenvalue weighted by Crippen LogP contribution is -2.13. The highest BCUT2D eigenvalue weighted by molar-refractivity contribution is 7.15. The monoisotopic (exact) mass is 171 g/mol. The van der Waals surface area contributed by atoms with Crippen LogP contribution in [0.1, 0.15) is 22.4 Å². The van der Waals surface area contributed by atoms with Crippen molar-refractivity contribution in [2.75, 3.05) is 5.73 Å². The van der Waals surface area contributed by atoms with E-state index in [0.29, 0.717) is 5.00 Å². The predicted octanol–water partition coefficient (Wildman–Crippen LogP) is 0.387. The Morgan fingerprint density at radius 3 is 2.64 bits per heavy atom. The molecule has 11 heavy (non-hydrogen) atoms. The van der Waals surface area contributed by atoms with E-state index >= 15 is 0 Å². The molecule has 0 saturated carbocycles. The zero-order valence-electron chi connectivity index (χ0n) is 6.13. The Bertz CT molecular complexity index is 281. The quantitative estimate of drug-likeness (QED) is 0.675. The number of nitrogens with zero attached hydrogens (tertiary/aromatic N) is 1. The summed E-state index contributed by atoms with van der Waals surface area (Å²) in [6.07, 6.45) is 0.780. The molecule has 0 radical (unpaired) electrons. The molecule has 0 atom stereocenters. The topological polar surface area (TPSA) is 82.0 Å². The predicted molar refractivity (Wildman–Crippen MR) is 44.4 cm³/mol. The van der Waals surface area contributed by atoms with E-state index in [1.54, 1.807) is 0 Å². The van der Waals surface area contributed by atoms with Crippen LogP contribution in [0.25, 0.3) is 0 Å². The van der Waals surface area contributed by atoms with Crippen LogP contribution in [-0.2, 0) is 6.42 Å². The van der Waals surface area contributed by atoms with E-state index in [1.807, 2.05) is 6.92 Å². The number of amides is 1. The molecule has 0 fully saturated rings. The van der Waals surface area contributed by atoms with Crippen molar-refractivity contribution in [2.24, 2.45) is 5.73 Å². The molecule has 4 N–H and O–H groups in total. The maximum Gasteiger partial charge on any atom is 0.270 e. The van der Waals surface area contributed by atoms with E-state index in [9.17, 15) is 4.79 Å². The number of hydrogen-bond acceptors (Lipinski definition) is 4. The van der Waals surface area contributed by atoms with E-state index in [4.69, 9.17) is 11.5 Å². The van der Waals surface area contributed by atoms with Gasteiger partial charge >= 0.3 is 0 Å². The van der Waals surface area contributed by atoms with Crippen LogP contribution in [0.3, 0.4) is 0 Å². The molecule has 1 amide bonds. The molecular formula is C6H9N3OS. The lowest BCUT2D eigenvalue weighted by molar-refractivity contribution is 0.0997. The zero-order chi connectivity index (χ0) is 8.43. The highest BCUT2D eigenvalue weighted by atomic mass is 32.1. The second-order valence-electron chi connectivity index (χ2n) is 2.04. The second kappa shape index (κ2) is 2.87. The summed E-state index contributed by atoms with van der Waals surface area (Å²) in [6.45, 7) is 1.95. The summed E-state index contributed by atoms with van der Waals surface area (Å²) in [5.74, 6) is -0.557. The highest BCUT2D eigenvalue weighted by Gasteiger charge is 2.11. The van der Waals surface area contributed by atoms with Crippen LogP contribution < -0.4 is 11.5 Å². The second-order valence-corrected chi connectivity index (χ2v) is 3.15. The van der Waals surface area contributed by atoms with Crippen LogP contribution in [0.4, 0.5) is 5.00 Å². The van der Waals surface area contributed by atoms with Crippen molar-refractivity contribution in [2.45, 2.75) is 13.3 Å². The normalized spacial score (nSPS) is 9.91. The molecule has 4 nitrogen and oxygen atoms in total. The fourth-order valence-corrected chi connectivity index (χ4v) is 1.48. The molecule has 0 aromatic carbocycles. The molecular weight excluding hydrogens is 162 g/mol. The van der Waals surface area contributed by atoms with Crippen LogP contribution >= 0.6 is 11.3 Å². The summed E-state index contributed by atoms with van der Waals surface area (Å²) in [5.41, 5.74) is 10.7. The Labute approximate surface area is 68.2 Å². The number of nitrogen functional groups attached to an aromatic ring is 1. The summed E-state index contributed by atoms with van der Waals surface area (Å²) in [5, 5.41) is 1.26. The van der Waals surface area contributed by atoms with Crippen molar-refractivity contribution in [3.8, 4) is 0 Å². The van der Waals surface area contributed by atoms with Crippen molar-refractivity contribution >= 4 is 22.2 Å². The van der Waals surface area contributed by atoms with Gasteiger partial charge in [-0.1, -0.05) is 6.92 Å². The fourth-order valence-electron chi connectivity index (χ4n) is 0.706. The third-order valence-corrected chi connectivity index (χ3v) is 2.26. The molecule has 0 saturated heterocycles. The van der Waals surface area contributed by atoms with Crippen LogP contribution in [-0.4, -0.2) is 10.9 Å². The van der Waals surface area contributed by atoms with Gasteiger partial charge in [0.2, 0.25) is 0 Å². The summed E-state index contributed by atoms with van der Waals surface area (Å²) in [7, 11) is 0. The molecule has 0 unspecified atom stereocenters. The smallest absolute Gasteiger partial charge is 0.270 e. The largest absolute Gasteiger partial charge is 0.389 e. The molecule has 1 rings (SSSR count). The van der Waals surface area contributed by atoms with Gasteiger partial charge in [-0.05, 0) is 6.42 Å². The van der Waals surface area contributed by atoms with Crippen LogP contribution in [0, 0.1) is 0 Å². The number of nitrogens with two attached hydrogens (primary N) is 2. The highest BCUT2D eigenvalue weighted by Crippen LogP contribution is 2.20. The van der Waals surface area contributed by atoms with Gasteiger partial charge in [-0.2, -0.15) is 0 Å². The van der Waals surface area contributed by atoms with Crippen molar-refractivity contribution < 1.29 is 4.79 Å². The maximum atomic E-state index is 10.6. The van der Waals surface area contributed by atoms with Crippen molar-refractivity contribution in [3.05, 3.63) is 10.7 Å². The summed E-state index contributed by atoms with van der Waals surface area (Å²) in [4.78, 5) is 14.6. The molecule has 0 aliphatic rings. The molecule has 5 heteroatoms. The number of carbonyl (C=O) groups is 1. The van der Waals surface area contributed by atoms with E-state index in [0.717, 1.165) is 11.4 Å². The zero-order valence-corrected chi connectivity index (χ0v) is 6.94. The fraction of sp³-hybridized carbons (Fsp3) is 0.333. The number of aryl methyl sites for hydroxylation is 1. The molecule has 1 aromatic rings. The minimum absolute atomic E-state index is 0.201. The molecule has 0 aliphatic heterocycles. The number of rotatable bonds is 2. The molecule has 0 aliphatic carbocycles. The number of aromatic nitrogens is 1. The summed E-state index contributed by atoms with van der Waals surface area (Å²) < 4.78 is 0. The van der Waals surface area contributed by atoms with Gasteiger partial charge in [-0.3, -0.25) is 4.79 Å². The van der Waals surface area contributed by atoms with Crippen LogP contribution in [0.5, 0.6) is 0 Å². The Morgan fingerprint density at radius 1 is 1.73 bits per heavy atom. The Hall–Kier alpha value is -1.10. The van der Waals surface area contributed by atoms with E-state index < -0.39 is 5.91 Å². The SMILES string of the molecule is CCc1nc(C(N)=O)c(N)s1. The first-order valence-corrected chi connectivity index (χ1v) is 4.01. The van der Waals surface area contributed by atoms with Crippen molar-refractivity contribution in [1.29, 1.82) is 0 Å². The van der Waals surface area contributed by atoms with Gasteiger partial charge in [0.1, 0.15) is 5.00 Å². The lowest BCUT2D eigenvalue weighted by Gasteiger charge is -1.86. The van der Waals surface area contributed by atoms with Gasteiger partial charge < -0.3 is 11.5 Å². The van der Waals surface area contributed by atoms with E-state index in [2.05, 4.69) is 4.98 Å². The number of primary amides is 1. The Balaban J connectivity index is 3.07. The summed E-state index contributed by atoms with van der Waals surface area (Å²) in [6, 6.07) is 0. The van der Waals surface area contributed by atoms with Crippen LogP contribution in [0.2, 0.25) is 0 Å². The van der Waals surface area contributed by atoms with E-state index in [-0.39, 0.29) is 5.69 Å². The van der Waals surface area contributed by atoms with Gasteiger partial charge in [0, 0.05) is 0 Å². The lowest BCUT2D eigenvalue weighted by atomic mass is 10.4. The average molecular weight is 171 g/mol.